The van der Waals surface area contributed by atoms with Gasteiger partial charge >= 0.3 is 0 Å². The zero-order valence-electron chi connectivity index (χ0n) is 17.3. The Bertz CT molecular complexity index is 530. The van der Waals surface area contributed by atoms with Crippen molar-refractivity contribution in [3.8, 4) is 11.5 Å². The van der Waals surface area contributed by atoms with E-state index in [1.165, 1.54) is 6.42 Å². The number of aliphatic hydroxyl groups excluding tert-OH is 1. The Balaban J connectivity index is 2.58. The molecule has 1 aromatic rings. The first kappa shape index (κ1) is 22.8. The first-order chi connectivity index (χ1) is 12.1. The van der Waals surface area contributed by atoms with Crippen LogP contribution in [0.15, 0.2) is 18.2 Å². The molecule has 0 aliphatic rings. The van der Waals surface area contributed by atoms with Gasteiger partial charge in [-0.25, -0.2) is 0 Å². The van der Waals surface area contributed by atoms with Crippen LogP contribution in [0.3, 0.4) is 0 Å². The topological polar surface area (TPSA) is 75.7 Å². The maximum atomic E-state index is 10.3. The number of aromatic hydroxyl groups is 1. The van der Waals surface area contributed by atoms with E-state index >= 15 is 0 Å². The van der Waals surface area contributed by atoms with Gasteiger partial charge in [0.15, 0.2) is 11.5 Å². The summed E-state index contributed by atoms with van der Waals surface area (Å²) in [4.78, 5) is 0. The van der Waals surface area contributed by atoms with Gasteiger partial charge in [0, 0.05) is 5.54 Å². The fourth-order valence-electron chi connectivity index (χ4n) is 3.36. The first-order valence-corrected chi connectivity index (χ1v) is 10.0. The zero-order valence-corrected chi connectivity index (χ0v) is 17.3. The number of hydrogen-bond donors (Lipinski definition) is 3. The van der Waals surface area contributed by atoms with Gasteiger partial charge in [0.1, 0.15) is 0 Å². The van der Waals surface area contributed by atoms with Crippen molar-refractivity contribution in [1.29, 1.82) is 0 Å². The maximum absolute atomic E-state index is 10.3. The molecule has 0 amide bonds. The van der Waals surface area contributed by atoms with Crippen LogP contribution < -0.4 is 10.5 Å². The molecule has 2 atom stereocenters. The van der Waals surface area contributed by atoms with Gasteiger partial charge in [0.2, 0.25) is 0 Å². The summed E-state index contributed by atoms with van der Waals surface area (Å²) in [6, 6.07) is 5.57. The molecule has 0 aromatic heterocycles. The minimum Gasteiger partial charge on any atom is -0.504 e. The van der Waals surface area contributed by atoms with E-state index in [-0.39, 0.29) is 18.5 Å². The van der Waals surface area contributed by atoms with Crippen molar-refractivity contribution in [2.24, 2.45) is 17.6 Å². The van der Waals surface area contributed by atoms with Crippen LogP contribution in [-0.2, 0) is 6.42 Å². The van der Waals surface area contributed by atoms with Crippen molar-refractivity contribution in [1.82, 2.24) is 0 Å². The van der Waals surface area contributed by atoms with E-state index in [1.54, 1.807) is 6.07 Å². The second kappa shape index (κ2) is 10.8. The van der Waals surface area contributed by atoms with Gasteiger partial charge < -0.3 is 20.7 Å². The third kappa shape index (κ3) is 8.41. The molecule has 0 bridgehead atoms. The highest BCUT2D eigenvalue weighted by molar-refractivity contribution is 5.42. The van der Waals surface area contributed by atoms with E-state index in [0.29, 0.717) is 24.0 Å². The molecule has 26 heavy (non-hydrogen) atoms. The lowest BCUT2D eigenvalue weighted by Crippen LogP contribution is -2.45. The quantitative estimate of drug-likeness (QED) is 0.504. The number of hydrogen-bond acceptors (Lipinski definition) is 4. The molecule has 0 spiro atoms. The number of aryl methyl sites for hydroxylation is 1. The van der Waals surface area contributed by atoms with Gasteiger partial charge in [0.05, 0.1) is 12.7 Å². The monoisotopic (exact) mass is 365 g/mol. The van der Waals surface area contributed by atoms with Crippen LogP contribution in [-0.4, -0.2) is 28.5 Å². The molecule has 0 saturated carbocycles. The van der Waals surface area contributed by atoms with E-state index in [0.717, 1.165) is 31.2 Å². The third-order valence-corrected chi connectivity index (χ3v) is 4.78. The van der Waals surface area contributed by atoms with Crippen molar-refractivity contribution in [3.63, 3.8) is 0 Å². The second-order valence-electron chi connectivity index (χ2n) is 8.67. The molecule has 1 rings (SSSR count). The molecule has 0 heterocycles. The van der Waals surface area contributed by atoms with E-state index in [9.17, 15) is 10.2 Å². The normalized spacial score (nSPS) is 15.3. The van der Waals surface area contributed by atoms with Crippen molar-refractivity contribution >= 4 is 0 Å². The van der Waals surface area contributed by atoms with Crippen molar-refractivity contribution in [2.45, 2.75) is 84.8 Å². The Morgan fingerprint density at radius 3 is 2.31 bits per heavy atom. The molecule has 150 valence electrons. The van der Waals surface area contributed by atoms with Crippen LogP contribution in [0.4, 0.5) is 0 Å². The predicted octanol–water partition coefficient (Wildman–Crippen LogP) is 4.65. The van der Waals surface area contributed by atoms with Crippen molar-refractivity contribution in [2.75, 3.05) is 6.61 Å². The summed E-state index contributed by atoms with van der Waals surface area (Å²) in [5.74, 6) is 1.86. The molecule has 0 saturated heterocycles. The second-order valence-corrected chi connectivity index (χ2v) is 8.67. The molecule has 0 aliphatic heterocycles. The number of phenols is 1. The molecule has 1 aromatic carbocycles. The molecule has 0 radical (unpaired) electrons. The Labute approximate surface area is 159 Å². The first-order valence-electron chi connectivity index (χ1n) is 10.0. The van der Waals surface area contributed by atoms with Crippen LogP contribution >= 0.6 is 0 Å². The highest BCUT2D eigenvalue weighted by atomic mass is 16.5. The van der Waals surface area contributed by atoms with E-state index < -0.39 is 5.54 Å². The number of benzene rings is 1. The SMILES string of the molecule is CC(C)CCC[C@H](C)Oc1ccc(CCC(N)(CO)CC(C)C)cc1O. The summed E-state index contributed by atoms with van der Waals surface area (Å²) in [5.41, 5.74) is 6.75. The Kier molecular flexibility index (Phi) is 9.45. The van der Waals surface area contributed by atoms with Crippen LogP contribution in [0.1, 0.15) is 72.3 Å². The van der Waals surface area contributed by atoms with Gasteiger partial charge in [-0.2, -0.15) is 0 Å². The van der Waals surface area contributed by atoms with Crippen LogP contribution in [0.25, 0.3) is 0 Å². The van der Waals surface area contributed by atoms with E-state index in [2.05, 4.69) is 27.7 Å². The molecule has 4 nitrogen and oxygen atoms in total. The number of phenolic OH excluding ortho intramolecular Hbond substituents is 1. The van der Waals surface area contributed by atoms with Crippen molar-refractivity contribution in [3.05, 3.63) is 23.8 Å². The highest BCUT2D eigenvalue weighted by Crippen LogP contribution is 2.30. The molecule has 4 N–H and O–H groups in total. The molecule has 1 unspecified atom stereocenters. The van der Waals surface area contributed by atoms with Gasteiger partial charge in [-0.15, -0.1) is 0 Å². The fraction of sp³-hybridized carbons (Fsp3) is 0.727. The van der Waals surface area contributed by atoms with E-state index in [1.807, 2.05) is 19.1 Å². The fourth-order valence-corrected chi connectivity index (χ4v) is 3.36. The highest BCUT2D eigenvalue weighted by Gasteiger charge is 2.25. The number of ether oxygens (including phenoxy) is 1. The summed E-state index contributed by atoms with van der Waals surface area (Å²) >= 11 is 0. The molecular weight excluding hydrogens is 326 g/mol. The van der Waals surface area contributed by atoms with Crippen LogP contribution in [0.2, 0.25) is 0 Å². The molecule has 4 heteroatoms. The average molecular weight is 366 g/mol. The average Bonchev–Trinajstić information content (AvgIpc) is 2.54. The standard InChI is InChI=1S/C22H39NO3/c1-16(2)7-6-8-18(5)26-21-10-9-19(13-20(21)25)11-12-22(23,15-24)14-17(3)4/h9-10,13,16-18,24-25H,6-8,11-12,14-15,23H2,1-5H3/t18-,22?/m0/s1. The number of rotatable bonds is 12. The Morgan fingerprint density at radius 1 is 1.08 bits per heavy atom. The minimum atomic E-state index is -0.566. The summed E-state index contributed by atoms with van der Waals surface area (Å²) in [5, 5.41) is 19.9. The minimum absolute atomic E-state index is 0.0216. The Morgan fingerprint density at radius 2 is 1.77 bits per heavy atom. The van der Waals surface area contributed by atoms with Gasteiger partial charge in [-0.3, -0.25) is 0 Å². The zero-order chi connectivity index (χ0) is 19.7. The third-order valence-electron chi connectivity index (χ3n) is 4.78. The molecule has 0 aliphatic carbocycles. The van der Waals surface area contributed by atoms with E-state index in [4.69, 9.17) is 10.5 Å². The molecular formula is C22H39NO3. The number of aliphatic hydroxyl groups is 1. The summed E-state index contributed by atoms with van der Waals surface area (Å²) < 4.78 is 5.89. The van der Waals surface area contributed by atoms with Crippen LogP contribution in [0.5, 0.6) is 11.5 Å². The van der Waals surface area contributed by atoms with Gasteiger partial charge in [-0.1, -0.05) is 40.2 Å². The maximum Gasteiger partial charge on any atom is 0.161 e. The lowest BCUT2D eigenvalue weighted by Gasteiger charge is -2.29. The largest absolute Gasteiger partial charge is 0.504 e. The lowest BCUT2D eigenvalue weighted by molar-refractivity contribution is 0.165. The smallest absolute Gasteiger partial charge is 0.161 e. The van der Waals surface area contributed by atoms with Crippen molar-refractivity contribution < 1.29 is 14.9 Å². The summed E-state index contributed by atoms with van der Waals surface area (Å²) in [7, 11) is 0. The molecule has 0 fully saturated rings. The van der Waals surface area contributed by atoms with Gasteiger partial charge in [-0.05, 0) is 68.6 Å². The Hall–Kier alpha value is -1.26. The summed E-state index contributed by atoms with van der Waals surface area (Å²) in [6.07, 6.45) is 5.59. The van der Waals surface area contributed by atoms with Gasteiger partial charge in [0.25, 0.3) is 0 Å². The summed E-state index contributed by atoms with van der Waals surface area (Å²) in [6.45, 7) is 10.7. The predicted molar refractivity (Wildman–Crippen MR) is 109 cm³/mol. The van der Waals surface area contributed by atoms with Crippen LogP contribution in [0, 0.1) is 11.8 Å². The lowest BCUT2D eigenvalue weighted by atomic mass is 9.85. The number of nitrogens with two attached hydrogens (primary N) is 1.